The lowest BCUT2D eigenvalue weighted by molar-refractivity contribution is -0.126. The molecule has 29 heavy (non-hydrogen) atoms. The number of amides is 1. The number of hydrogen-bond donors (Lipinski definition) is 1. The fourth-order valence-corrected chi connectivity index (χ4v) is 4.69. The lowest BCUT2D eigenvalue weighted by Crippen LogP contribution is -2.43. The Balaban J connectivity index is 1.38. The Morgan fingerprint density at radius 3 is 2.76 bits per heavy atom. The van der Waals surface area contributed by atoms with Gasteiger partial charge in [-0.05, 0) is 49.2 Å². The molecule has 1 fully saturated rings. The van der Waals surface area contributed by atoms with Crippen molar-refractivity contribution < 1.29 is 13.6 Å². The van der Waals surface area contributed by atoms with Gasteiger partial charge in [0.1, 0.15) is 11.6 Å². The summed E-state index contributed by atoms with van der Waals surface area (Å²) in [5, 5.41) is 3.43. The quantitative estimate of drug-likeness (QED) is 0.596. The van der Waals surface area contributed by atoms with E-state index in [2.05, 4.69) is 10.2 Å². The molecule has 2 aromatic rings. The van der Waals surface area contributed by atoms with Crippen molar-refractivity contribution in [2.24, 2.45) is 5.92 Å². The van der Waals surface area contributed by atoms with Crippen molar-refractivity contribution in [3.8, 4) is 0 Å². The van der Waals surface area contributed by atoms with E-state index in [0.29, 0.717) is 35.2 Å². The zero-order valence-corrected chi connectivity index (χ0v) is 17.7. The number of piperidine rings is 1. The third-order valence-electron chi connectivity index (χ3n) is 5.05. The molecule has 3 nitrogen and oxygen atoms in total. The van der Waals surface area contributed by atoms with E-state index in [1.807, 2.05) is 0 Å². The fraction of sp³-hybridized carbons (Fsp3) is 0.409. The van der Waals surface area contributed by atoms with Crippen molar-refractivity contribution in [3.63, 3.8) is 0 Å². The van der Waals surface area contributed by atoms with Crippen LogP contribution in [-0.4, -0.2) is 36.2 Å². The summed E-state index contributed by atoms with van der Waals surface area (Å²) >= 11 is 7.57. The van der Waals surface area contributed by atoms with E-state index in [4.69, 9.17) is 11.6 Å². The molecule has 0 aliphatic carbocycles. The van der Waals surface area contributed by atoms with Crippen LogP contribution in [0.25, 0.3) is 0 Å². The highest BCUT2D eigenvalue weighted by molar-refractivity contribution is 7.98. The van der Waals surface area contributed by atoms with Crippen LogP contribution in [0.15, 0.2) is 42.5 Å². The second-order valence-corrected chi connectivity index (χ2v) is 8.76. The van der Waals surface area contributed by atoms with E-state index in [1.54, 1.807) is 36.0 Å². The van der Waals surface area contributed by atoms with Gasteiger partial charge < -0.3 is 5.32 Å². The predicted octanol–water partition coefficient (Wildman–Crippen LogP) is 4.88. The zero-order valence-electron chi connectivity index (χ0n) is 16.2. The Labute approximate surface area is 179 Å². The molecular formula is C22H25ClF2N2OS. The maximum absolute atomic E-state index is 13.8. The summed E-state index contributed by atoms with van der Waals surface area (Å²) < 4.78 is 26.8. The summed E-state index contributed by atoms with van der Waals surface area (Å²) in [4.78, 5) is 14.8. The standard InChI is InChI=1S/C22H25ClF2N2OS/c23-20-4-1-5-21(25)19(20)15-29-12-10-26-22(28)17-3-2-11-27(14-17)13-16-6-8-18(24)9-7-16/h1,4-9,17H,2-3,10-15H2,(H,26,28)/t17-/m0/s1. The predicted molar refractivity (Wildman–Crippen MR) is 115 cm³/mol. The first-order chi connectivity index (χ1) is 14.0. The van der Waals surface area contributed by atoms with Gasteiger partial charge in [-0.2, -0.15) is 11.8 Å². The van der Waals surface area contributed by atoms with Gasteiger partial charge in [-0.15, -0.1) is 0 Å². The molecule has 0 spiro atoms. The highest BCUT2D eigenvalue weighted by atomic mass is 35.5. The number of likely N-dealkylation sites (tertiary alicyclic amines) is 1. The van der Waals surface area contributed by atoms with E-state index in [9.17, 15) is 13.6 Å². The van der Waals surface area contributed by atoms with Crippen molar-refractivity contribution >= 4 is 29.3 Å². The summed E-state index contributed by atoms with van der Waals surface area (Å²) in [6, 6.07) is 11.2. The molecule has 1 amide bonds. The van der Waals surface area contributed by atoms with Crippen LogP contribution in [0, 0.1) is 17.6 Å². The molecular weight excluding hydrogens is 414 g/mol. The van der Waals surface area contributed by atoms with Crippen molar-refractivity contribution in [2.75, 3.05) is 25.4 Å². The summed E-state index contributed by atoms with van der Waals surface area (Å²) in [7, 11) is 0. The fourth-order valence-electron chi connectivity index (χ4n) is 3.50. The number of thioether (sulfide) groups is 1. The van der Waals surface area contributed by atoms with E-state index >= 15 is 0 Å². The third-order valence-corrected chi connectivity index (χ3v) is 6.39. The number of carbonyl (C=O) groups is 1. The van der Waals surface area contributed by atoms with Crippen LogP contribution in [0.2, 0.25) is 5.02 Å². The van der Waals surface area contributed by atoms with Gasteiger partial charge in [-0.25, -0.2) is 8.78 Å². The normalized spacial score (nSPS) is 17.3. The number of hydrogen-bond acceptors (Lipinski definition) is 3. The summed E-state index contributed by atoms with van der Waals surface area (Å²) in [6.45, 7) is 2.93. The minimum Gasteiger partial charge on any atom is -0.355 e. The average Bonchev–Trinajstić information content (AvgIpc) is 2.71. The van der Waals surface area contributed by atoms with Crippen LogP contribution in [0.5, 0.6) is 0 Å². The van der Waals surface area contributed by atoms with E-state index in [-0.39, 0.29) is 23.5 Å². The first-order valence-corrected chi connectivity index (χ1v) is 11.3. The van der Waals surface area contributed by atoms with Crippen molar-refractivity contribution in [3.05, 3.63) is 70.2 Å². The maximum Gasteiger partial charge on any atom is 0.224 e. The van der Waals surface area contributed by atoms with Gasteiger partial charge in [-0.3, -0.25) is 9.69 Å². The van der Waals surface area contributed by atoms with Crippen LogP contribution in [-0.2, 0) is 17.1 Å². The second kappa shape index (κ2) is 11.0. The van der Waals surface area contributed by atoms with Crippen LogP contribution in [0.4, 0.5) is 8.78 Å². The first kappa shape index (κ1) is 22.1. The summed E-state index contributed by atoms with van der Waals surface area (Å²) in [5.41, 5.74) is 1.56. The maximum atomic E-state index is 13.8. The molecule has 1 saturated heterocycles. The van der Waals surface area contributed by atoms with Crippen LogP contribution < -0.4 is 5.32 Å². The average molecular weight is 439 g/mol. The van der Waals surface area contributed by atoms with E-state index in [0.717, 1.165) is 31.5 Å². The second-order valence-electron chi connectivity index (χ2n) is 7.24. The van der Waals surface area contributed by atoms with Gasteiger partial charge in [0.25, 0.3) is 0 Å². The summed E-state index contributed by atoms with van der Waals surface area (Å²) in [5.74, 6) is 0.685. The molecule has 1 aliphatic rings. The van der Waals surface area contributed by atoms with E-state index < -0.39 is 0 Å². The third kappa shape index (κ3) is 6.69. The van der Waals surface area contributed by atoms with Crippen molar-refractivity contribution in [1.82, 2.24) is 10.2 Å². The van der Waals surface area contributed by atoms with Gasteiger partial charge in [0.2, 0.25) is 5.91 Å². The van der Waals surface area contributed by atoms with Crippen LogP contribution in [0.3, 0.4) is 0 Å². The van der Waals surface area contributed by atoms with Crippen molar-refractivity contribution in [2.45, 2.75) is 25.1 Å². The Morgan fingerprint density at radius 1 is 1.21 bits per heavy atom. The minimum atomic E-state index is -0.294. The molecule has 0 unspecified atom stereocenters. The minimum absolute atomic E-state index is 0.0322. The molecule has 1 heterocycles. The number of carbonyl (C=O) groups excluding carboxylic acids is 1. The molecule has 3 rings (SSSR count). The SMILES string of the molecule is O=C(NCCSCc1c(F)cccc1Cl)[C@H]1CCCN(Cc2ccc(F)cc2)C1. The lowest BCUT2D eigenvalue weighted by Gasteiger charge is -2.32. The Morgan fingerprint density at radius 2 is 2.00 bits per heavy atom. The topological polar surface area (TPSA) is 32.3 Å². The summed E-state index contributed by atoms with van der Waals surface area (Å²) in [6.07, 6.45) is 1.85. The van der Waals surface area contributed by atoms with Gasteiger partial charge in [0.05, 0.1) is 5.92 Å². The Hall–Kier alpha value is -1.63. The molecule has 0 aromatic heterocycles. The molecule has 2 aromatic carbocycles. The largest absolute Gasteiger partial charge is 0.355 e. The smallest absolute Gasteiger partial charge is 0.224 e. The Bertz CT molecular complexity index is 799. The van der Waals surface area contributed by atoms with Gasteiger partial charge >= 0.3 is 0 Å². The molecule has 0 radical (unpaired) electrons. The van der Waals surface area contributed by atoms with Gasteiger partial charge in [0, 0.05) is 41.7 Å². The van der Waals surface area contributed by atoms with E-state index in [1.165, 1.54) is 18.2 Å². The van der Waals surface area contributed by atoms with Gasteiger partial charge in [-0.1, -0.05) is 29.8 Å². The van der Waals surface area contributed by atoms with Crippen molar-refractivity contribution in [1.29, 1.82) is 0 Å². The molecule has 1 N–H and O–H groups in total. The molecule has 0 saturated carbocycles. The highest BCUT2D eigenvalue weighted by Gasteiger charge is 2.25. The number of benzene rings is 2. The highest BCUT2D eigenvalue weighted by Crippen LogP contribution is 2.24. The molecule has 156 valence electrons. The lowest BCUT2D eigenvalue weighted by atomic mass is 9.96. The molecule has 1 atom stereocenters. The monoisotopic (exact) mass is 438 g/mol. The molecule has 1 aliphatic heterocycles. The number of nitrogens with zero attached hydrogens (tertiary/aromatic N) is 1. The van der Waals surface area contributed by atoms with Crippen LogP contribution >= 0.6 is 23.4 Å². The number of rotatable bonds is 8. The van der Waals surface area contributed by atoms with Crippen LogP contribution in [0.1, 0.15) is 24.0 Å². The first-order valence-electron chi connectivity index (χ1n) is 9.78. The van der Waals surface area contributed by atoms with Gasteiger partial charge in [0.15, 0.2) is 0 Å². The number of halogens is 3. The zero-order chi connectivity index (χ0) is 20.6. The molecule has 7 heteroatoms. The molecule has 0 bridgehead atoms. The number of nitrogens with one attached hydrogen (secondary N) is 1. The Kier molecular flexibility index (Phi) is 8.33.